The van der Waals surface area contributed by atoms with Crippen LogP contribution in [0.3, 0.4) is 0 Å². The fraction of sp³-hybridized carbons (Fsp3) is 0.458. The molecule has 2 N–H and O–H groups in total. The van der Waals surface area contributed by atoms with Crippen molar-refractivity contribution >= 4 is 5.96 Å². The second-order valence-electron chi connectivity index (χ2n) is 7.54. The number of benzene rings is 2. The largest absolute Gasteiger partial charge is 0.491 e. The molecule has 1 aliphatic heterocycles. The molecule has 0 bridgehead atoms. The summed E-state index contributed by atoms with van der Waals surface area (Å²) in [5, 5.41) is 6.78. The van der Waals surface area contributed by atoms with Crippen LogP contribution in [0.25, 0.3) is 0 Å². The standard InChI is InChI=1S/C24H33N3O3/c1-18-10-11-20(23(13-18)30-17-22-9-6-12-29-22)15-27-24(25-2)26-14-19-7-4-5-8-21(19)16-28-3/h4-5,7-8,10-11,13,22H,6,9,12,14-17H2,1-3H3,(H2,25,26,27). The molecule has 6 heteroatoms. The lowest BCUT2D eigenvalue weighted by molar-refractivity contribution is 0.0676. The van der Waals surface area contributed by atoms with Crippen LogP contribution in [0.1, 0.15) is 35.1 Å². The second-order valence-corrected chi connectivity index (χ2v) is 7.54. The molecule has 2 aromatic rings. The van der Waals surface area contributed by atoms with Crippen molar-refractivity contribution in [2.45, 2.75) is 45.6 Å². The van der Waals surface area contributed by atoms with Gasteiger partial charge in [-0.05, 0) is 42.5 Å². The van der Waals surface area contributed by atoms with E-state index in [0.29, 0.717) is 26.3 Å². The van der Waals surface area contributed by atoms with Crippen LogP contribution in [0.4, 0.5) is 0 Å². The number of hydrogen-bond acceptors (Lipinski definition) is 4. The number of methoxy groups -OCH3 is 1. The zero-order chi connectivity index (χ0) is 21.2. The van der Waals surface area contributed by atoms with Gasteiger partial charge in [0.15, 0.2) is 5.96 Å². The van der Waals surface area contributed by atoms with Crippen LogP contribution in [0.2, 0.25) is 0 Å². The van der Waals surface area contributed by atoms with Gasteiger partial charge in [0.05, 0.1) is 12.7 Å². The Morgan fingerprint density at radius 2 is 1.87 bits per heavy atom. The van der Waals surface area contributed by atoms with Gasteiger partial charge < -0.3 is 24.8 Å². The van der Waals surface area contributed by atoms with E-state index in [-0.39, 0.29) is 6.10 Å². The molecule has 0 aromatic heterocycles. The molecular weight excluding hydrogens is 378 g/mol. The van der Waals surface area contributed by atoms with Gasteiger partial charge in [0.2, 0.25) is 0 Å². The highest BCUT2D eigenvalue weighted by Crippen LogP contribution is 2.22. The number of aryl methyl sites for hydroxylation is 1. The average Bonchev–Trinajstić information content (AvgIpc) is 3.28. The van der Waals surface area contributed by atoms with E-state index in [1.807, 2.05) is 12.1 Å². The monoisotopic (exact) mass is 411 g/mol. The smallest absolute Gasteiger partial charge is 0.191 e. The maximum absolute atomic E-state index is 6.10. The van der Waals surface area contributed by atoms with Crippen LogP contribution in [0.5, 0.6) is 5.75 Å². The van der Waals surface area contributed by atoms with E-state index in [2.05, 4.69) is 52.9 Å². The van der Waals surface area contributed by atoms with Gasteiger partial charge in [-0.1, -0.05) is 36.4 Å². The maximum Gasteiger partial charge on any atom is 0.191 e. The van der Waals surface area contributed by atoms with Gasteiger partial charge in [-0.2, -0.15) is 0 Å². The summed E-state index contributed by atoms with van der Waals surface area (Å²) in [5.41, 5.74) is 4.64. The summed E-state index contributed by atoms with van der Waals surface area (Å²) in [7, 11) is 3.49. The molecule has 0 aliphatic carbocycles. The molecular formula is C24H33N3O3. The predicted octanol–water partition coefficient (Wildman–Crippen LogP) is 3.56. The Morgan fingerprint density at radius 3 is 2.57 bits per heavy atom. The van der Waals surface area contributed by atoms with Crippen LogP contribution in [-0.4, -0.2) is 39.4 Å². The van der Waals surface area contributed by atoms with Gasteiger partial charge in [-0.3, -0.25) is 4.99 Å². The van der Waals surface area contributed by atoms with Gasteiger partial charge in [0.1, 0.15) is 12.4 Å². The molecule has 30 heavy (non-hydrogen) atoms. The molecule has 6 nitrogen and oxygen atoms in total. The minimum atomic E-state index is 0.202. The summed E-state index contributed by atoms with van der Waals surface area (Å²) >= 11 is 0. The van der Waals surface area contributed by atoms with Crippen molar-refractivity contribution in [3.05, 3.63) is 64.7 Å². The zero-order valence-electron chi connectivity index (χ0n) is 18.2. The van der Waals surface area contributed by atoms with Gasteiger partial charge in [0.25, 0.3) is 0 Å². The lowest BCUT2D eigenvalue weighted by Gasteiger charge is -2.17. The Kier molecular flexibility index (Phi) is 8.53. The van der Waals surface area contributed by atoms with E-state index in [1.165, 1.54) is 16.7 Å². The van der Waals surface area contributed by atoms with Crippen molar-refractivity contribution in [1.29, 1.82) is 0 Å². The van der Waals surface area contributed by atoms with E-state index in [9.17, 15) is 0 Å². The molecule has 3 rings (SSSR count). The highest BCUT2D eigenvalue weighted by molar-refractivity contribution is 5.79. The van der Waals surface area contributed by atoms with Crippen molar-refractivity contribution in [2.75, 3.05) is 27.4 Å². The minimum Gasteiger partial charge on any atom is -0.491 e. The topological polar surface area (TPSA) is 64.1 Å². The fourth-order valence-electron chi connectivity index (χ4n) is 3.51. The number of hydrogen-bond donors (Lipinski definition) is 2. The summed E-state index contributed by atoms with van der Waals surface area (Å²) in [6, 6.07) is 14.5. The summed E-state index contributed by atoms with van der Waals surface area (Å²) in [6.07, 6.45) is 2.39. The third-order valence-corrected chi connectivity index (χ3v) is 5.21. The SMILES string of the molecule is CN=C(NCc1ccccc1COC)NCc1ccc(C)cc1OCC1CCCO1. The zero-order valence-corrected chi connectivity index (χ0v) is 18.2. The highest BCUT2D eigenvalue weighted by Gasteiger charge is 2.17. The molecule has 0 saturated carbocycles. The first-order valence-corrected chi connectivity index (χ1v) is 10.5. The summed E-state index contributed by atoms with van der Waals surface area (Å²) < 4.78 is 17.1. The Labute approximate surface area is 179 Å². The minimum absolute atomic E-state index is 0.202. The molecule has 1 heterocycles. The summed E-state index contributed by atoms with van der Waals surface area (Å²) in [4.78, 5) is 4.35. The van der Waals surface area contributed by atoms with Gasteiger partial charge in [0, 0.05) is 39.4 Å². The molecule has 2 aromatic carbocycles. The van der Waals surface area contributed by atoms with Crippen LogP contribution in [-0.2, 0) is 29.2 Å². The molecule has 162 valence electrons. The van der Waals surface area contributed by atoms with Crippen LogP contribution in [0.15, 0.2) is 47.5 Å². The molecule has 1 atom stereocenters. The number of nitrogens with one attached hydrogen (secondary N) is 2. The van der Waals surface area contributed by atoms with E-state index < -0.39 is 0 Å². The van der Waals surface area contributed by atoms with Crippen molar-refractivity contribution < 1.29 is 14.2 Å². The molecule has 1 saturated heterocycles. The van der Waals surface area contributed by atoms with E-state index in [1.54, 1.807) is 14.2 Å². The first-order chi connectivity index (χ1) is 14.7. The maximum atomic E-state index is 6.10. The molecule has 0 amide bonds. The quantitative estimate of drug-likeness (QED) is 0.488. The lowest BCUT2D eigenvalue weighted by Crippen LogP contribution is -2.36. The number of aliphatic imine (C=N–C) groups is 1. The first kappa shape index (κ1) is 22.1. The number of rotatable bonds is 9. The number of guanidine groups is 1. The van der Waals surface area contributed by atoms with E-state index >= 15 is 0 Å². The number of ether oxygens (including phenoxy) is 3. The van der Waals surface area contributed by atoms with Gasteiger partial charge in [-0.25, -0.2) is 0 Å². The average molecular weight is 412 g/mol. The number of nitrogens with zero attached hydrogens (tertiary/aromatic N) is 1. The Hall–Kier alpha value is -2.57. The van der Waals surface area contributed by atoms with E-state index in [4.69, 9.17) is 14.2 Å². The van der Waals surface area contributed by atoms with Crippen molar-refractivity contribution in [1.82, 2.24) is 10.6 Å². The third-order valence-electron chi connectivity index (χ3n) is 5.21. The normalized spacial score (nSPS) is 16.5. The highest BCUT2D eigenvalue weighted by atomic mass is 16.5. The molecule has 0 spiro atoms. The van der Waals surface area contributed by atoms with Gasteiger partial charge >= 0.3 is 0 Å². The Balaban J connectivity index is 1.56. The van der Waals surface area contributed by atoms with Crippen LogP contribution in [0, 0.1) is 6.92 Å². The molecule has 0 radical (unpaired) electrons. The molecule has 1 aliphatic rings. The van der Waals surface area contributed by atoms with Crippen LogP contribution < -0.4 is 15.4 Å². The lowest BCUT2D eigenvalue weighted by atomic mass is 10.1. The predicted molar refractivity (Wildman–Crippen MR) is 120 cm³/mol. The fourth-order valence-corrected chi connectivity index (χ4v) is 3.51. The second kappa shape index (κ2) is 11.6. The molecule has 1 fully saturated rings. The van der Waals surface area contributed by atoms with E-state index in [0.717, 1.165) is 36.7 Å². The Bertz CT molecular complexity index is 832. The van der Waals surface area contributed by atoms with Crippen LogP contribution >= 0.6 is 0 Å². The van der Waals surface area contributed by atoms with Gasteiger partial charge in [-0.15, -0.1) is 0 Å². The summed E-state index contributed by atoms with van der Waals surface area (Å²) in [6.45, 7) is 5.41. The Morgan fingerprint density at radius 1 is 1.10 bits per heavy atom. The van der Waals surface area contributed by atoms with Crippen molar-refractivity contribution in [3.63, 3.8) is 0 Å². The molecule has 1 unspecified atom stereocenters. The summed E-state index contributed by atoms with van der Waals surface area (Å²) in [5.74, 6) is 1.65. The first-order valence-electron chi connectivity index (χ1n) is 10.5. The van der Waals surface area contributed by atoms with Crippen molar-refractivity contribution in [2.24, 2.45) is 4.99 Å². The van der Waals surface area contributed by atoms with Crippen molar-refractivity contribution in [3.8, 4) is 5.75 Å². The third kappa shape index (κ3) is 6.47.